The van der Waals surface area contributed by atoms with E-state index >= 15 is 0 Å². The van der Waals surface area contributed by atoms with Gasteiger partial charge in [-0.3, -0.25) is 4.99 Å². The van der Waals surface area contributed by atoms with Gasteiger partial charge in [0.15, 0.2) is 5.96 Å². The van der Waals surface area contributed by atoms with Crippen LogP contribution < -0.4 is 11.1 Å². The van der Waals surface area contributed by atoms with Crippen LogP contribution in [0.2, 0.25) is 0 Å². The van der Waals surface area contributed by atoms with E-state index in [1.54, 1.807) is 0 Å². The molecule has 0 spiro atoms. The van der Waals surface area contributed by atoms with Gasteiger partial charge < -0.3 is 20.8 Å². The molecular weight excluding hydrogens is 403 g/mol. The Bertz CT molecular complexity index is 624. The topological polar surface area (TPSA) is 75.4 Å². The Hall–Kier alpha value is -1.28. The van der Waals surface area contributed by atoms with Crippen molar-refractivity contribution >= 4 is 40.8 Å². The van der Waals surface area contributed by atoms with Gasteiger partial charge in [-0.05, 0) is 43.9 Å². The number of ether oxygens (including phenoxy) is 1. The minimum Gasteiger partial charge on any atom is -0.382 e. The van der Waals surface area contributed by atoms with E-state index in [0.717, 1.165) is 32.6 Å². The van der Waals surface area contributed by atoms with Crippen molar-refractivity contribution in [3.8, 4) is 0 Å². The molecule has 2 rings (SSSR count). The third-order valence-corrected chi connectivity index (χ3v) is 3.63. The lowest BCUT2D eigenvalue weighted by atomic mass is 10.1. The third kappa shape index (κ3) is 6.02. The first kappa shape index (κ1) is 19.8. The van der Waals surface area contributed by atoms with Gasteiger partial charge in [-0.15, -0.1) is 24.0 Å². The highest BCUT2D eigenvalue weighted by Gasteiger charge is 2.05. The number of aryl methyl sites for hydroxylation is 1. The molecule has 5 nitrogen and oxygen atoms in total. The average molecular weight is 430 g/mol. The van der Waals surface area contributed by atoms with E-state index in [2.05, 4.69) is 46.6 Å². The zero-order chi connectivity index (χ0) is 15.8. The molecule has 1 aromatic carbocycles. The molecule has 0 saturated carbocycles. The van der Waals surface area contributed by atoms with Gasteiger partial charge in [0.25, 0.3) is 0 Å². The number of hydrogen-bond acceptors (Lipinski definition) is 2. The van der Waals surface area contributed by atoms with E-state index in [1.165, 1.54) is 22.0 Å². The zero-order valence-corrected chi connectivity index (χ0v) is 16.2. The summed E-state index contributed by atoms with van der Waals surface area (Å²) in [4.78, 5) is 7.61. The van der Waals surface area contributed by atoms with Crippen molar-refractivity contribution in [2.45, 2.75) is 26.7 Å². The number of benzene rings is 1. The van der Waals surface area contributed by atoms with E-state index in [-0.39, 0.29) is 24.0 Å². The van der Waals surface area contributed by atoms with Crippen molar-refractivity contribution in [1.29, 1.82) is 0 Å². The lowest BCUT2D eigenvalue weighted by Crippen LogP contribution is -2.33. The monoisotopic (exact) mass is 430 g/mol. The molecule has 0 saturated heterocycles. The first-order valence-electron chi connectivity index (χ1n) is 7.89. The molecule has 6 heteroatoms. The van der Waals surface area contributed by atoms with Crippen LogP contribution in [0.5, 0.6) is 0 Å². The molecule has 4 N–H and O–H groups in total. The summed E-state index contributed by atoms with van der Waals surface area (Å²) in [6, 6.07) is 6.32. The number of guanidine groups is 1. The first-order valence-corrected chi connectivity index (χ1v) is 7.89. The van der Waals surface area contributed by atoms with Crippen LogP contribution in [-0.4, -0.2) is 37.2 Å². The number of aliphatic imine (C=N–C) groups is 1. The minimum absolute atomic E-state index is 0. The van der Waals surface area contributed by atoms with Crippen LogP contribution in [0.15, 0.2) is 29.4 Å². The highest BCUT2D eigenvalue weighted by atomic mass is 127. The summed E-state index contributed by atoms with van der Waals surface area (Å²) in [6.07, 6.45) is 3.90. The van der Waals surface area contributed by atoms with E-state index < -0.39 is 0 Å². The molecule has 0 aliphatic heterocycles. The lowest BCUT2D eigenvalue weighted by Gasteiger charge is -2.06. The number of nitrogens with zero attached hydrogens (tertiary/aromatic N) is 1. The fraction of sp³-hybridized carbons (Fsp3) is 0.471. The molecule has 0 atom stereocenters. The second kappa shape index (κ2) is 10.5. The Morgan fingerprint density at radius 3 is 3.00 bits per heavy atom. The molecule has 0 unspecified atom stereocenters. The fourth-order valence-corrected chi connectivity index (χ4v) is 2.54. The highest BCUT2D eigenvalue weighted by Crippen LogP contribution is 2.22. The normalized spacial score (nSPS) is 11.5. The molecule has 0 radical (unpaired) electrons. The molecule has 0 amide bonds. The van der Waals surface area contributed by atoms with Gasteiger partial charge in [-0.25, -0.2) is 0 Å². The van der Waals surface area contributed by atoms with Gasteiger partial charge in [0.1, 0.15) is 0 Å². The summed E-state index contributed by atoms with van der Waals surface area (Å²) < 4.78 is 5.26. The summed E-state index contributed by atoms with van der Waals surface area (Å²) in [6.45, 7) is 7.10. The van der Waals surface area contributed by atoms with Crippen molar-refractivity contribution in [3.63, 3.8) is 0 Å². The maximum atomic E-state index is 5.86. The second-order valence-electron chi connectivity index (χ2n) is 5.31. The highest BCUT2D eigenvalue weighted by molar-refractivity contribution is 14.0. The van der Waals surface area contributed by atoms with Gasteiger partial charge in [-0.2, -0.15) is 0 Å². The summed E-state index contributed by atoms with van der Waals surface area (Å²) in [7, 11) is 0. The van der Waals surface area contributed by atoms with Crippen LogP contribution in [0.4, 0.5) is 0 Å². The first-order chi connectivity index (χ1) is 10.7. The molecule has 0 fully saturated rings. The quantitative estimate of drug-likeness (QED) is 0.261. The Morgan fingerprint density at radius 1 is 1.39 bits per heavy atom. The molecule has 23 heavy (non-hydrogen) atoms. The predicted octanol–water partition coefficient (Wildman–Crippen LogP) is 2.97. The number of fused-ring (bicyclic) bond motifs is 1. The summed E-state index contributed by atoms with van der Waals surface area (Å²) in [5, 5.41) is 4.49. The number of rotatable bonds is 8. The molecule has 1 heterocycles. The zero-order valence-electron chi connectivity index (χ0n) is 13.9. The number of nitrogens with one attached hydrogen (secondary N) is 2. The van der Waals surface area contributed by atoms with Gasteiger partial charge >= 0.3 is 0 Å². The minimum atomic E-state index is 0. The molecule has 1 aromatic heterocycles. The predicted molar refractivity (Wildman–Crippen MR) is 108 cm³/mol. The largest absolute Gasteiger partial charge is 0.382 e. The van der Waals surface area contributed by atoms with Crippen molar-refractivity contribution in [2.24, 2.45) is 10.7 Å². The van der Waals surface area contributed by atoms with Crippen LogP contribution in [0, 0.1) is 6.92 Å². The van der Waals surface area contributed by atoms with Gasteiger partial charge in [0.2, 0.25) is 0 Å². The maximum absolute atomic E-state index is 5.86. The SMILES string of the molecule is CCOCCCN=C(N)NCCc1c[nH]c2cccc(C)c12.I. The second-order valence-corrected chi connectivity index (χ2v) is 5.31. The van der Waals surface area contributed by atoms with E-state index in [0.29, 0.717) is 12.5 Å². The molecular formula is C17H27IN4O. The number of hydrogen-bond donors (Lipinski definition) is 3. The van der Waals surface area contributed by atoms with Crippen molar-refractivity contribution in [2.75, 3.05) is 26.3 Å². The van der Waals surface area contributed by atoms with Crippen LogP contribution in [-0.2, 0) is 11.2 Å². The maximum Gasteiger partial charge on any atom is 0.188 e. The van der Waals surface area contributed by atoms with Crippen LogP contribution in [0.3, 0.4) is 0 Å². The molecule has 128 valence electrons. The van der Waals surface area contributed by atoms with Crippen LogP contribution in [0.25, 0.3) is 10.9 Å². The third-order valence-electron chi connectivity index (χ3n) is 3.63. The van der Waals surface area contributed by atoms with Crippen LogP contribution >= 0.6 is 24.0 Å². The molecule has 2 aromatic rings. The van der Waals surface area contributed by atoms with Gasteiger partial charge in [0.05, 0.1) is 0 Å². The average Bonchev–Trinajstić information content (AvgIpc) is 2.92. The van der Waals surface area contributed by atoms with Crippen LogP contribution in [0.1, 0.15) is 24.5 Å². The number of aromatic nitrogens is 1. The Labute approximate surface area is 155 Å². The number of nitrogens with two attached hydrogens (primary N) is 1. The standard InChI is InChI=1S/C17H26N4O.HI/c1-3-22-11-5-9-19-17(18)20-10-8-14-12-21-15-7-4-6-13(2)16(14)15;/h4,6-7,12,21H,3,5,8-11H2,1-2H3,(H3,18,19,20);1H. The van der Waals surface area contributed by atoms with E-state index in [1.807, 2.05) is 6.92 Å². The fourth-order valence-electron chi connectivity index (χ4n) is 2.54. The molecule has 0 bridgehead atoms. The number of H-pyrrole nitrogens is 1. The Balaban J connectivity index is 0.00000264. The van der Waals surface area contributed by atoms with E-state index in [4.69, 9.17) is 10.5 Å². The summed E-state index contributed by atoms with van der Waals surface area (Å²) in [5.41, 5.74) is 9.66. The number of aromatic amines is 1. The van der Waals surface area contributed by atoms with Crippen molar-refractivity contribution in [3.05, 3.63) is 35.5 Å². The van der Waals surface area contributed by atoms with E-state index in [9.17, 15) is 0 Å². The summed E-state index contributed by atoms with van der Waals surface area (Å²) >= 11 is 0. The van der Waals surface area contributed by atoms with Crippen molar-refractivity contribution in [1.82, 2.24) is 10.3 Å². The lowest BCUT2D eigenvalue weighted by molar-refractivity contribution is 0.146. The van der Waals surface area contributed by atoms with Gasteiger partial charge in [0, 0.05) is 43.4 Å². The number of halogens is 1. The van der Waals surface area contributed by atoms with Crippen molar-refractivity contribution < 1.29 is 4.74 Å². The molecule has 0 aliphatic carbocycles. The van der Waals surface area contributed by atoms with Gasteiger partial charge in [-0.1, -0.05) is 12.1 Å². The Morgan fingerprint density at radius 2 is 2.22 bits per heavy atom. The summed E-state index contributed by atoms with van der Waals surface area (Å²) in [5.74, 6) is 0.507. The Kier molecular flexibility index (Phi) is 9.01. The smallest absolute Gasteiger partial charge is 0.188 e. The molecule has 0 aliphatic rings.